The fraction of sp³-hybridized carbons (Fsp3) is 0.500. The number of fused-ring (bicyclic) bond motifs is 1. The van der Waals surface area contributed by atoms with E-state index >= 15 is 0 Å². The van der Waals surface area contributed by atoms with Crippen LogP contribution in [0.4, 0.5) is 9.18 Å². The molecule has 0 radical (unpaired) electrons. The first-order valence-corrected chi connectivity index (χ1v) is 6.50. The summed E-state index contributed by atoms with van der Waals surface area (Å²) in [5, 5.41) is 0. The van der Waals surface area contributed by atoms with Crippen molar-refractivity contribution >= 4 is 6.09 Å². The van der Waals surface area contributed by atoms with E-state index in [0.717, 1.165) is 12.0 Å². The van der Waals surface area contributed by atoms with Crippen molar-refractivity contribution in [2.45, 2.75) is 31.3 Å². The SMILES string of the molecule is O=C(OCc1ccccc1)N1CCCO[C@@H]2C1[C@H]2F. The van der Waals surface area contributed by atoms with Crippen LogP contribution in [0.2, 0.25) is 0 Å². The van der Waals surface area contributed by atoms with Crippen molar-refractivity contribution in [3.63, 3.8) is 0 Å². The lowest BCUT2D eigenvalue weighted by atomic mass is 10.2. The normalized spacial score (nSPS) is 29.3. The van der Waals surface area contributed by atoms with Gasteiger partial charge in [0.2, 0.25) is 0 Å². The molecule has 0 bridgehead atoms. The van der Waals surface area contributed by atoms with Gasteiger partial charge in [-0.1, -0.05) is 30.3 Å². The highest BCUT2D eigenvalue weighted by atomic mass is 19.1. The molecule has 19 heavy (non-hydrogen) atoms. The third-order valence-electron chi connectivity index (χ3n) is 3.49. The van der Waals surface area contributed by atoms with Gasteiger partial charge in [-0.2, -0.15) is 0 Å². The number of carbonyl (C=O) groups is 1. The molecule has 1 aromatic carbocycles. The molecule has 1 saturated heterocycles. The number of benzene rings is 1. The van der Waals surface area contributed by atoms with E-state index in [1.807, 2.05) is 30.3 Å². The molecule has 1 aromatic rings. The summed E-state index contributed by atoms with van der Waals surface area (Å²) in [4.78, 5) is 13.5. The predicted octanol–water partition coefficient (Wildman–Crippen LogP) is 2.13. The number of hydrogen-bond acceptors (Lipinski definition) is 3. The van der Waals surface area contributed by atoms with Crippen LogP contribution in [0.3, 0.4) is 0 Å². The van der Waals surface area contributed by atoms with Crippen molar-refractivity contribution in [1.29, 1.82) is 0 Å². The van der Waals surface area contributed by atoms with Crippen LogP contribution in [0.15, 0.2) is 30.3 Å². The average Bonchev–Trinajstić information content (AvgIpc) is 3.13. The first kappa shape index (κ1) is 12.4. The van der Waals surface area contributed by atoms with Crippen LogP contribution in [0.25, 0.3) is 0 Å². The van der Waals surface area contributed by atoms with Crippen molar-refractivity contribution in [3.05, 3.63) is 35.9 Å². The zero-order valence-corrected chi connectivity index (χ0v) is 10.5. The number of nitrogens with zero attached hydrogens (tertiary/aromatic N) is 1. The second-order valence-corrected chi connectivity index (χ2v) is 4.86. The van der Waals surface area contributed by atoms with Crippen LogP contribution in [-0.2, 0) is 16.1 Å². The monoisotopic (exact) mass is 265 g/mol. The largest absolute Gasteiger partial charge is 0.445 e. The maximum Gasteiger partial charge on any atom is 0.410 e. The summed E-state index contributed by atoms with van der Waals surface area (Å²) in [5.74, 6) is 0. The van der Waals surface area contributed by atoms with Gasteiger partial charge in [0.1, 0.15) is 12.7 Å². The van der Waals surface area contributed by atoms with Crippen LogP contribution in [-0.4, -0.2) is 42.5 Å². The van der Waals surface area contributed by atoms with E-state index in [1.54, 1.807) is 0 Å². The summed E-state index contributed by atoms with van der Waals surface area (Å²) in [6.07, 6.45) is -1.25. The van der Waals surface area contributed by atoms with E-state index in [2.05, 4.69) is 0 Å². The zero-order chi connectivity index (χ0) is 13.2. The van der Waals surface area contributed by atoms with Crippen molar-refractivity contribution in [2.75, 3.05) is 13.2 Å². The van der Waals surface area contributed by atoms with Gasteiger partial charge in [0, 0.05) is 13.2 Å². The van der Waals surface area contributed by atoms with Crippen LogP contribution in [0, 0.1) is 0 Å². The van der Waals surface area contributed by atoms with Crippen LogP contribution in [0.1, 0.15) is 12.0 Å². The Morgan fingerprint density at radius 2 is 2.21 bits per heavy atom. The van der Waals surface area contributed by atoms with E-state index in [-0.39, 0.29) is 6.61 Å². The number of amides is 1. The number of rotatable bonds is 2. The topological polar surface area (TPSA) is 38.8 Å². The van der Waals surface area contributed by atoms with Gasteiger partial charge in [-0.3, -0.25) is 4.90 Å². The summed E-state index contributed by atoms with van der Waals surface area (Å²) in [5.41, 5.74) is 0.922. The van der Waals surface area contributed by atoms with Gasteiger partial charge in [-0.15, -0.1) is 0 Å². The molecular weight excluding hydrogens is 249 g/mol. The number of alkyl halides is 1. The number of ether oxygens (including phenoxy) is 2. The van der Waals surface area contributed by atoms with Crippen molar-refractivity contribution in [2.24, 2.45) is 0 Å². The van der Waals surface area contributed by atoms with Crippen LogP contribution in [0.5, 0.6) is 0 Å². The average molecular weight is 265 g/mol. The molecule has 5 heteroatoms. The zero-order valence-electron chi connectivity index (χ0n) is 10.5. The summed E-state index contributed by atoms with van der Waals surface area (Å²) in [6, 6.07) is 8.99. The third-order valence-corrected chi connectivity index (χ3v) is 3.49. The first-order valence-electron chi connectivity index (χ1n) is 6.50. The molecule has 3 rings (SSSR count). The Labute approximate surface area is 111 Å². The Kier molecular flexibility index (Phi) is 3.38. The van der Waals surface area contributed by atoms with Gasteiger partial charge in [-0.25, -0.2) is 9.18 Å². The lowest BCUT2D eigenvalue weighted by Crippen LogP contribution is -2.36. The van der Waals surface area contributed by atoms with Crippen molar-refractivity contribution in [3.8, 4) is 0 Å². The van der Waals surface area contributed by atoms with Gasteiger partial charge in [-0.05, 0) is 12.0 Å². The molecule has 0 N–H and O–H groups in total. The molecule has 0 spiro atoms. The molecule has 0 aromatic heterocycles. The summed E-state index contributed by atoms with van der Waals surface area (Å²) < 4.78 is 24.0. The highest BCUT2D eigenvalue weighted by molar-refractivity contribution is 5.69. The lowest BCUT2D eigenvalue weighted by molar-refractivity contribution is 0.0899. The van der Waals surface area contributed by atoms with Gasteiger partial charge in [0.15, 0.2) is 6.17 Å². The Morgan fingerprint density at radius 3 is 3.00 bits per heavy atom. The quantitative estimate of drug-likeness (QED) is 0.822. The minimum Gasteiger partial charge on any atom is -0.445 e. The molecule has 3 atom stereocenters. The molecular formula is C14H16FNO3. The number of carbonyl (C=O) groups excluding carboxylic acids is 1. The Bertz CT molecular complexity index is 453. The Hall–Kier alpha value is -1.62. The second-order valence-electron chi connectivity index (χ2n) is 4.86. The predicted molar refractivity (Wildman–Crippen MR) is 66.4 cm³/mol. The van der Waals surface area contributed by atoms with Gasteiger partial charge in [0.25, 0.3) is 0 Å². The highest BCUT2D eigenvalue weighted by Gasteiger charge is 2.58. The molecule has 4 nitrogen and oxygen atoms in total. The molecule has 1 aliphatic heterocycles. The highest BCUT2D eigenvalue weighted by Crippen LogP contribution is 2.37. The molecule has 1 heterocycles. The molecule has 1 unspecified atom stereocenters. The van der Waals surface area contributed by atoms with E-state index < -0.39 is 24.4 Å². The maximum atomic E-state index is 13.5. The fourth-order valence-corrected chi connectivity index (χ4v) is 2.39. The van der Waals surface area contributed by atoms with Crippen molar-refractivity contribution in [1.82, 2.24) is 4.90 Å². The summed E-state index contributed by atoms with van der Waals surface area (Å²) in [7, 11) is 0. The van der Waals surface area contributed by atoms with Crippen molar-refractivity contribution < 1.29 is 18.7 Å². The van der Waals surface area contributed by atoms with Crippen LogP contribution < -0.4 is 0 Å². The molecule has 2 aliphatic rings. The smallest absolute Gasteiger partial charge is 0.410 e. The van der Waals surface area contributed by atoms with Crippen LogP contribution >= 0.6 is 0 Å². The summed E-state index contributed by atoms with van der Waals surface area (Å²) in [6.45, 7) is 1.21. The first-order chi connectivity index (χ1) is 9.27. The van der Waals surface area contributed by atoms with Gasteiger partial charge < -0.3 is 9.47 Å². The third kappa shape index (κ3) is 2.56. The van der Waals surface area contributed by atoms with Gasteiger partial charge >= 0.3 is 6.09 Å². The molecule has 1 aliphatic carbocycles. The number of hydrogen-bond donors (Lipinski definition) is 0. The molecule has 1 amide bonds. The lowest BCUT2D eigenvalue weighted by Gasteiger charge is -2.20. The summed E-state index contributed by atoms with van der Waals surface area (Å²) >= 11 is 0. The maximum absolute atomic E-state index is 13.5. The standard InChI is InChI=1S/C14H16FNO3/c15-11-12-13(11)18-8-4-7-16(12)14(17)19-9-10-5-2-1-3-6-10/h1-3,5-6,11-13H,4,7-9H2/t11-,12?,13+/m1/s1. The van der Waals surface area contributed by atoms with E-state index in [4.69, 9.17) is 9.47 Å². The van der Waals surface area contributed by atoms with E-state index in [1.165, 1.54) is 4.90 Å². The number of halogens is 1. The molecule has 1 saturated carbocycles. The van der Waals surface area contributed by atoms with E-state index in [9.17, 15) is 9.18 Å². The minimum absolute atomic E-state index is 0.214. The molecule has 102 valence electrons. The van der Waals surface area contributed by atoms with E-state index in [0.29, 0.717) is 13.2 Å². The Balaban J connectivity index is 1.58. The van der Waals surface area contributed by atoms with Gasteiger partial charge in [0.05, 0.1) is 6.04 Å². The molecule has 2 fully saturated rings. The minimum atomic E-state index is -1.07. The Morgan fingerprint density at radius 1 is 1.42 bits per heavy atom. The fourth-order valence-electron chi connectivity index (χ4n) is 2.39. The second kappa shape index (κ2) is 5.17.